The molecule has 0 amide bonds. The number of phenols is 2. The van der Waals surface area contributed by atoms with Gasteiger partial charge in [0, 0.05) is 17.7 Å². The lowest BCUT2D eigenvalue weighted by molar-refractivity contribution is -0.345. The molecule has 0 unspecified atom stereocenters. The van der Waals surface area contributed by atoms with Gasteiger partial charge in [0.05, 0.1) is 13.2 Å². The molecule has 9 atom stereocenters. The van der Waals surface area contributed by atoms with Crippen LogP contribution in [0.25, 0.3) is 22.3 Å². The van der Waals surface area contributed by atoms with Crippen LogP contribution in [0.2, 0.25) is 0 Å². The van der Waals surface area contributed by atoms with Gasteiger partial charge in [-0.05, 0) is 0 Å². The van der Waals surface area contributed by atoms with Crippen LogP contribution in [0.5, 0.6) is 17.2 Å². The summed E-state index contributed by atoms with van der Waals surface area (Å²) in [6.07, 6.45) is -14.9. The van der Waals surface area contributed by atoms with Crippen LogP contribution in [0.3, 0.4) is 0 Å². The number of phenolic OH excluding ortho intramolecular Hbond substituents is 2. The lowest BCUT2D eigenvalue weighted by Gasteiger charge is -2.44. The van der Waals surface area contributed by atoms with Gasteiger partial charge in [0.25, 0.3) is 0 Å². The van der Waals surface area contributed by atoms with Crippen LogP contribution in [0.1, 0.15) is 0 Å². The highest BCUT2D eigenvalue weighted by molar-refractivity contribution is 5.88. The molecule has 3 aromatic rings. The number of ether oxygens (including phenoxy) is 4. The summed E-state index contributed by atoms with van der Waals surface area (Å²) >= 11 is 0. The summed E-state index contributed by atoms with van der Waals surface area (Å²) in [5.41, 5.74) is -0.718. The molecule has 2 fully saturated rings. The number of aliphatic hydroxyl groups excluding tert-OH is 6. The summed E-state index contributed by atoms with van der Waals surface area (Å²) in [5.74, 6) is -1.65. The Bertz CT molecular complexity index is 1390. The third kappa shape index (κ3) is 5.12. The molecule has 0 radical (unpaired) electrons. The number of hydrogen-bond donors (Lipinski definition) is 8. The molecule has 216 valence electrons. The minimum absolute atomic E-state index is 0.154. The van der Waals surface area contributed by atoms with E-state index in [2.05, 4.69) is 0 Å². The quantitative estimate of drug-likeness (QED) is 0.171. The van der Waals surface area contributed by atoms with Crippen molar-refractivity contribution in [3.05, 3.63) is 52.7 Å². The molecule has 2 aliphatic heterocycles. The van der Waals surface area contributed by atoms with Crippen molar-refractivity contribution >= 4 is 11.0 Å². The highest BCUT2D eigenvalue weighted by Crippen LogP contribution is 2.37. The van der Waals surface area contributed by atoms with Crippen molar-refractivity contribution in [1.82, 2.24) is 0 Å². The average Bonchev–Trinajstić information content (AvgIpc) is 2.93. The summed E-state index contributed by atoms with van der Waals surface area (Å²) in [6, 6.07) is 10.2. The Morgan fingerprint density at radius 3 is 2.33 bits per heavy atom. The second-order valence-electron chi connectivity index (χ2n) is 9.47. The molecule has 0 bridgehead atoms. The molecule has 2 aliphatic rings. The van der Waals surface area contributed by atoms with Crippen molar-refractivity contribution in [2.24, 2.45) is 0 Å². The van der Waals surface area contributed by atoms with E-state index >= 15 is 0 Å². The number of rotatable bonds is 6. The Hall–Kier alpha value is -3.31. The number of aliphatic hydroxyl groups is 6. The molecule has 2 aromatic carbocycles. The molecule has 0 aliphatic carbocycles. The minimum Gasteiger partial charge on any atom is -0.508 e. The third-order valence-corrected chi connectivity index (χ3v) is 6.76. The second-order valence-corrected chi connectivity index (χ2v) is 9.47. The molecular formula is C26H28O14. The van der Waals surface area contributed by atoms with E-state index in [-0.39, 0.29) is 22.5 Å². The summed E-state index contributed by atoms with van der Waals surface area (Å²) in [6.45, 7) is -1.20. The van der Waals surface area contributed by atoms with Crippen molar-refractivity contribution in [1.29, 1.82) is 0 Å². The summed E-state index contributed by atoms with van der Waals surface area (Å²) < 4.78 is 28.3. The van der Waals surface area contributed by atoms with Crippen LogP contribution in [-0.4, -0.2) is 109 Å². The van der Waals surface area contributed by atoms with E-state index in [9.17, 15) is 45.6 Å². The van der Waals surface area contributed by atoms with Crippen LogP contribution in [-0.2, 0) is 14.2 Å². The maximum atomic E-state index is 13.6. The molecule has 5 rings (SSSR count). The SMILES string of the molecule is O=c1c(O[C@@H]2O[C@H](CO)[C@H](O)[C@H](O)[C@H]2O[C@@H]2OC[C@@H](O)[C@H](O)[C@H]2O)c(-c2ccccc2)oc2cc(O)cc(O)c12. The standard InChI is InChI=1S/C26H28O14/c27-8-15-18(32)20(34)24(40-25-21(35)17(31)13(30)9-36-25)26(38-15)39-23-19(33)16-12(29)6-11(28)7-14(16)37-22(23)10-4-2-1-3-5-10/h1-7,13,15,17-18,20-21,24-32,34-35H,8-9H2/t13-,15-,17+,18+,20+,21-,24-,25+,26+/m1/s1. The normalized spacial score (nSPS) is 32.7. The van der Waals surface area contributed by atoms with Gasteiger partial charge >= 0.3 is 0 Å². The van der Waals surface area contributed by atoms with E-state index in [4.69, 9.17) is 23.4 Å². The zero-order valence-corrected chi connectivity index (χ0v) is 20.7. The highest BCUT2D eigenvalue weighted by atomic mass is 16.8. The van der Waals surface area contributed by atoms with Crippen molar-refractivity contribution in [2.75, 3.05) is 13.2 Å². The van der Waals surface area contributed by atoms with Crippen LogP contribution >= 0.6 is 0 Å². The Balaban J connectivity index is 1.59. The molecular weight excluding hydrogens is 536 g/mol. The Labute approximate surface area is 225 Å². The molecule has 0 spiro atoms. The van der Waals surface area contributed by atoms with Gasteiger partial charge in [0.2, 0.25) is 17.5 Å². The first-order chi connectivity index (χ1) is 19.1. The van der Waals surface area contributed by atoms with Crippen molar-refractivity contribution in [2.45, 2.75) is 55.3 Å². The van der Waals surface area contributed by atoms with E-state index in [1.165, 1.54) is 0 Å². The topological polar surface area (TPSA) is 229 Å². The minimum atomic E-state index is -1.83. The lowest BCUT2D eigenvalue weighted by Crippen LogP contribution is -2.64. The molecule has 0 saturated carbocycles. The molecule has 8 N–H and O–H groups in total. The lowest BCUT2D eigenvalue weighted by atomic mass is 9.98. The molecule has 2 saturated heterocycles. The average molecular weight is 564 g/mol. The number of fused-ring (bicyclic) bond motifs is 1. The highest BCUT2D eigenvalue weighted by Gasteiger charge is 2.50. The Kier molecular flexibility index (Phi) is 7.96. The van der Waals surface area contributed by atoms with Crippen LogP contribution in [0.15, 0.2) is 51.7 Å². The predicted octanol–water partition coefficient (Wildman–Crippen LogP) is -1.49. The van der Waals surface area contributed by atoms with Gasteiger partial charge in [-0.15, -0.1) is 0 Å². The van der Waals surface area contributed by atoms with Crippen molar-refractivity contribution in [3.8, 4) is 28.6 Å². The monoisotopic (exact) mass is 564 g/mol. The maximum Gasteiger partial charge on any atom is 0.239 e. The second kappa shape index (κ2) is 11.3. The molecule has 14 heteroatoms. The Morgan fingerprint density at radius 2 is 1.62 bits per heavy atom. The largest absolute Gasteiger partial charge is 0.508 e. The number of aromatic hydroxyl groups is 2. The van der Waals surface area contributed by atoms with Gasteiger partial charge in [-0.3, -0.25) is 4.79 Å². The smallest absolute Gasteiger partial charge is 0.239 e. The maximum absolute atomic E-state index is 13.6. The Morgan fingerprint density at radius 1 is 0.900 bits per heavy atom. The van der Waals surface area contributed by atoms with Gasteiger partial charge in [0.1, 0.15) is 59.1 Å². The fourth-order valence-corrected chi connectivity index (χ4v) is 4.62. The van der Waals surface area contributed by atoms with Gasteiger partial charge in [-0.25, -0.2) is 0 Å². The number of benzene rings is 2. The summed E-state index contributed by atoms with van der Waals surface area (Å²) in [5, 5.41) is 81.1. The fourth-order valence-electron chi connectivity index (χ4n) is 4.62. The van der Waals surface area contributed by atoms with Gasteiger partial charge in [0.15, 0.2) is 18.2 Å². The zero-order chi connectivity index (χ0) is 28.7. The first-order valence-electron chi connectivity index (χ1n) is 12.3. The zero-order valence-electron chi connectivity index (χ0n) is 20.7. The van der Waals surface area contributed by atoms with Crippen LogP contribution < -0.4 is 10.2 Å². The number of hydrogen-bond acceptors (Lipinski definition) is 14. The van der Waals surface area contributed by atoms with E-state index in [0.717, 1.165) is 12.1 Å². The van der Waals surface area contributed by atoms with E-state index in [0.29, 0.717) is 5.56 Å². The van der Waals surface area contributed by atoms with E-state index < -0.39 is 85.4 Å². The van der Waals surface area contributed by atoms with Gasteiger partial charge in [-0.2, -0.15) is 0 Å². The fraction of sp³-hybridized carbons (Fsp3) is 0.423. The van der Waals surface area contributed by atoms with E-state index in [1.54, 1.807) is 30.3 Å². The third-order valence-electron chi connectivity index (χ3n) is 6.76. The molecule has 1 aromatic heterocycles. The van der Waals surface area contributed by atoms with Gasteiger partial charge in [-0.1, -0.05) is 30.3 Å². The first-order valence-corrected chi connectivity index (χ1v) is 12.3. The first kappa shape index (κ1) is 28.2. The van der Waals surface area contributed by atoms with Crippen LogP contribution in [0, 0.1) is 0 Å². The molecule has 40 heavy (non-hydrogen) atoms. The molecule has 3 heterocycles. The predicted molar refractivity (Wildman–Crippen MR) is 132 cm³/mol. The molecule has 14 nitrogen and oxygen atoms in total. The van der Waals surface area contributed by atoms with Crippen molar-refractivity contribution in [3.63, 3.8) is 0 Å². The van der Waals surface area contributed by atoms with E-state index in [1.807, 2.05) is 0 Å². The van der Waals surface area contributed by atoms with Gasteiger partial charge < -0.3 is 64.2 Å². The van der Waals surface area contributed by atoms with Crippen LogP contribution in [0.4, 0.5) is 0 Å². The summed E-state index contributed by atoms with van der Waals surface area (Å²) in [7, 11) is 0. The summed E-state index contributed by atoms with van der Waals surface area (Å²) in [4.78, 5) is 13.6. The van der Waals surface area contributed by atoms with Crippen molar-refractivity contribution < 1.29 is 64.2 Å².